The van der Waals surface area contributed by atoms with Gasteiger partial charge >= 0.3 is 0 Å². The maximum absolute atomic E-state index is 9.82. The summed E-state index contributed by atoms with van der Waals surface area (Å²) in [7, 11) is 0. The van der Waals surface area contributed by atoms with Gasteiger partial charge in [0.15, 0.2) is 0 Å². The number of hydrogen-bond donors (Lipinski definition) is 1. The number of phenols is 1. The first-order valence-corrected chi connectivity index (χ1v) is 10.3. The zero-order valence-corrected chi connectivity index (χ0v) is 16.9. The standard InChI is InChI=1S/C23H30ClNO2/c1-2-27-18-23(11-10-19-6-4-3-5-7-19)12-14-25(15-13-23)17-20-8-9-21(24)22(26)16-20/h3-9,16,26H,2,10-15,17-18H2,1H3. The number of aromatic hydroxyl groups is 1. The average molecular weight is 388 g/mol. The van der Waals surface area contributed by atoms with Gasteiger partial charge in [-0.05, 0) is 74.4 Å². The molecule has 0 spiro atoms. The highest BCUT2D eigenvalue weighted by molar-refractivity contribution is 6.31. The fourth-order valence-electron chi connectivity index (χ4n) is 3.94. The van der Waals surface area contributed by atoms with Crippen LogP contribution in [0.5, 0.6) is 5.75 Å². The van der Waals surface area contributed by atoms with Crippen LogP contribution >= 0.6 is 11.6 Å². The quantitative estimate of drug-likeness (QED) is 0.667. The Labute approximate surface area is 167 Å². The van der Waals surface area contributed by atoms with Crippen LogP contribution in [-0.4, -0.2) is 36.3 Å². The molecule has 0 aromatic heterocycles. The zero-order valence-electron chi connectivity index (χ0n) is 16.2. The van der Waals surface area contributed by atoms with Gasteiger partial charge in [0.25, 0.3) is 0 Å². The molecule has 0 unspecified atom stereocenters. The van der Waals surface area contributed by atoms with E-state index < -0.39 is 0 Å². The first-order valence-electron chi connectivity index (χ1n) is 9.92. The van der Waals surface area contributed by atoms with E-state index in [2.05, 4.69) is 42.2 Å². The third kappa shape index (κ3) is 5.71. The highest BCUT2D eigenvalue weighted by Gasteiger charge is 2.34. The van der Waals surface area contributed by atoms with Crippen LogP contribution in [0.3, 0.4) is 0 Å². The van der Waals surface area contributed by atoms with Crippen LogP contribution in [0.15, 0.2) is 48.5 Å². The van der Waals surface area contributed by atoms with Gasteiger partial charge in [0.2, 0.25) is 0 Å². The Balaban J connectivity index is 1.58. The number of ether oxygens (including phenoxy) is 1. The minimum atomic E-state index is 0.166. The van der Waals surface area contributed by atoms with Crippen LogP contribution in [0.1, 0.15) is 37.3 Å². The van der Waals surface area contributed by atoms with Crippen molar-refractivity contribution < 1.29 is 9.84 Å². The van der Waals surface area contributed by atoms with Gasteiger partial charge in [-0.25, -0.2) is 0 Å². The summed E-state index contributed by atoms with van der Waals surface area (Å²) in [5, 5.41) is 10.2. The van der Waals surface area contributed by atoms with Crippen molar-refractivity contribution in [3.63, 3.8) is 0 Å². The number of likely N-dealkylation sites (tertiary alicyclic amines) is 1. The minimum absolute atomic E-state index is 0.166. The monoisotopic (exact) mass is 387 g/mol. The van der Waals surface area contributed by atoms with Crippen molar-refractivity contribution in [1.29, 1.82) is 0 Å². The van der Waals surface area contributed by atoms with Gasteiger partial charge in [-0.1, -0.05) is 48.0 Å². The lowest BCUT2D eigenvalue weighted by molar-refractivity contribution is -0.00232. The summed E-state index contributed by atoms with van der Waals surface area (Å²) in [6, 6.07) is 16.3. The van der Waals surface area contributed by atoms with Gasteiger partial charge in [0.05, 0.1) is 11.6 Å². The molecule has 1 heterocycles. The third-order valence-corrected chi connectivity index (χ3v) is 6.05. The Morgan fingerprint density at radius 3 is 2.48 bits per heavy atom. The van der Waals surface area contributed by atoms with Crippen LogP contribution < -0.4 is 0 Å². The van der Waals surface area contributed by atoms with E-state index in [9.17, 15) is 5.11 Å². The summed E-state index contributed by atoms with van der Waals surface area (Å²) in [5.41, 5.74) is 2.79. The third-order valence-electron chi connectivity index (χ3n) is 5.73. The molecule has 0 atom stereocenters. The van der Waals surface area contributed by atoms with E-state index in [1.54, 1.807) is 12.1 Å². The van der Waals surface area contributed by atoms with Gasteiger partial charge in [0.1, 0.15) is 5.75 Å². The van der Waals surface area contributed by atoms with Crippen molar-refractivity contribution in [2.24, 2.45) is 5.41 Å². The van der Waals surface area contributed by atoms with E-state index in [0.29, 0.717) is 5.02 Å². The van der Waals surface area contributed by atoms with Crippen LogP contribution in [0.4, 0.5) is 0 Å². The predicted octanol–water partition coefficient (Wildman–Crippen LogP) is 5.30. The summed E-state index contributed by atoms with van der Waals surface area (Å²) in [5.74, 6) is 0.166. The molecule has 2 aromatic rings. The zero-order chi connectivity index (χ0) is 19.1. The SMILES string of the molecule is CCOCC1(CCc2ccccc2)CCN(Cc2ccc(Cl)c(O)c2)CC1. The Hall–Kier alpha value is -1.55. The van der Waals surface area contributed by atoms with Crippen molar-refractivity contribution >= 4 is 11.6 Å². The minimum Gasteiger partial charge on any atom is -0.506 e. The molecular formula is C23H30ClNO2. The van der Waals surface area contributed by atoms with Crippen LogP contribution in [0.2, 0.25) is 5.02 Å². The number of rotatable bonds is 8. The van der Waals surface area contributed by atoms with E-state index in [4.69, 9.17) is 16.3 Å². The normalized spacial score (nSPS) is 17.1. The highest BCUT2D eigenvalue weighted by Crippen LogP contribution is 2.37. The molecule has 0 amide bonds. The molecule has 0 radical (unpaired) electrons. The predicted molar refractivity (Wildman–Crippen MR) is 111 cm³/mol. The van der Waals surface area contributed by atoms with Crippen molar-refractivity contribution in [2.75, 3.05) is 26.3 Å². The van der Waals surface area contributed by atoms with E-state index in [0.717, 1.165) is 57.7 Å². The smallest absolute Gasteiger partial charge is 0.134 e. The summed E-state index contributed by atoms with van der Waals surface area (Å²) in [4.78, 5) is 2.47. The Bertz CT molecular complexity index is 712. The lowest BCUT2D eigenvalue weighted by atomic mass is 9.74. The van der Waals surface area contributed by atoms with E-state index in [-0.39, 0.29) is 11.2 Å². The highest BCUT2D eigenvalue weighted by atomic mass is 35.5. The van der Waals surface area contributed by atoms with Crippen molar-refractivity contribution in [2.45, 2.75) is 39.2 Å². The number of hydrogen-bond acceptors (Lipinski definition) is 3. The van der Waals surface area contributed by atoms with Crippen LogP contribution in [0.25, 0.3) is 0 Å². The van der Waals surface area contributed by atoms with Gasteiger partial charge in [-0.2, -0.15) is 0 Å². The molecule has 2 aromatic carbocycles. The molecule has 3 nitrogen and oxygen atoms in total. The maximum atomic E-state index is 9.82. The molecular weight excluding hydrogens is 358 g/mol. The Morgan fingerprint density at radius 1 is 1.07 bits per heavy atom. The molecule has 146 valence electrons. The van der Waals surface area contributed by atoms with Crippen molar-refractivity contribution in [1.82, 2.24) is 4.90 Å². The van der Waals surface area contributed by atoms with E-state index >= 15 is 0 Å². The lowest BCUT2D eigenvalue weighted by Gasteiger charge is -2.42. The lowest BCUT2D eigenvalue weighted by Crippen LogP contribution is -2.42. The largest absolute Gasteiger partial charge is 0.506 e. The number of nitrogens with zero attached hydrogens (tertiary/aromatic N) is 1. The van der Waals surface area contributed by atoms with Crippen molar-refractivity contribution in [3.8, 4) is 5.75 Å². The summed E-state index contributed by atoms with van der Waals surface area (Å²) < 4.78 is 5.88. The molecule has 4 heteroatoms. The van der Waals surface area contributed by atoms with Gasteiger partial charge in [0, 0.05) is 13.2 Å². The van der Waals surface area contributed by atoms with Gasteiger partial charge < -0.3 is 9.84 Å². The number of piperidine rings is 1. The average Bonchev–Trinajstić information content (AvgIpc) is 2.70. The fraction of sp³-hybridized carbons (Fsp3) is 0.478. The fourth-order valence-corrected chi connectivity index (χ4v) is 4.06. The molecule has 0 saturated carbocycles. The Kier molecular flexibility index (Phi) is 7.17. The topological polar surface area (TPSA) is 32.7 Å². The van der Waals surface area contributed by atoms with E-state index in [1.807, 2.05) is 6.07 Å². The number of benzene rings is 2. The number of halogens is 1. The molecule has 1 aliphatic rings. The summed E-state index contributed by atoms with van der Waals surface area (Å²) in [6.45, 7) is 6.68. The molecule has 0 bridgehead atoms. The molecule has 3 rings (SSSR count). The second-order valence-corrected chi connectivity index (χ2v) is 8.09. The Morgan fingerprint density at radius 2 is 1.81 bits per heavy atom. The summed E-state index contributed by atoms with van der Waals surface area (Å²) >= 11 is 5.92. The summed E-state index contributed by atoms with van der Waals surface area (Å²) in [6.07, 6.45) is 4.59. The number of aryl methyl sites for hydroxylation is 1. The number of phenolic OH excluding ortho intramolecular Hbond substituents is 1. The molecule has 1 saturated heterocycles. The van der Waals surface area contributed by atoms with Crippen LogP contribution in [-0.2, 0) is 17.7 Å². The maximum Gasteiger partial charge on any atom is 0.134 e. The second kappa shape index (κ2) is 9.59. The molecule has 1 fully saturated rings. The van der Waals surface area contributed by atoms with Gasteiger partial charge in [-0.15, -0.1) is 0 Å². The molecule has 1 aliphatic heterocycles. The molecule has 1 N–H and O–H groups in total. The van der Waals surface area contributed by atoms with E-state index in [1.165, 1.54) is 12.0 Å². The molecule has 0 aliphatic carbocycles. The van der Waals surface area contributed by atoms with Crippen molar-refractivity contribution in [3.05, 3.63) is 64.7 Å². The molecule has 27 heavy (non-hydrogen) atoms. The first kappa shape index (κ1) is 20.2. The first-order chi connectivity index (χ1) is 13.1. The van der Waals surface area contributed by atoms with Crippen LogP contribution in [0, 0.1) is 5.41 Å². The van der Waals surface area contributed by atoms with Gasteiger partial charge in [-0.3, -0.25) is 4.90 Å². The second-order valence-electron chi connectivity index (χ2n) is 7.68.